The number of aromatic nitrogens is 3. The van der Waals surface area contributed by atoms with Crippen LogP contribution in [0.5, 0.6) is 0 Å². The Morgan fingerprint density at radius 2 is 1.85 bits per heavy atom. The van der Waals surface area contributed by atoms with E-state index < -0.39 is 0 Å². The number of nitrogens with one attached hydrogen (secondary N) is 1. The zero-order chi connectivity index (χ0) is 13.9. The summed E-state index contributed by atoms with van der Waals surface area (Å²) in [5.74, 6) is 0.977. The number of anilines is 2. The third kappa shape index (κ3) is 2.92. The molecule has 2 aromatic heterocycles. The van der Waals surface area contributed by atoms with Gasteiger partial charge in [0.25, 0.3) is 0 Å². The summed E-state index contributed by atoms with van der Waals surface area (Å²) < 4.78 is 0.954. The van der Waals surface area contributed by atoms with Gasteiger partial charge >= 0.3 is 0 Å². The first-order valence-electron chi connectivity index (χ1n) is 6.38. The van der Waals surface area contributed by atoms with E-state index in [1.807, 2.05) is 12.1 Å². The molecule has 3 heterocycles. The van der Waals surface area contributed by atoms with Crippen molar-refractivity contribution >= 4 is 34.1 Å². The standard InChI is InChI=1S/C13H14IN5O/c14-11-7-12(17-9-16-11)19-5-3-18(4-6-19)10-1-2-13(20)15-8-10/h1-2,7-9H,3-6H2,(H,15,20). The fraction of sp³-hybridized carbons (Fsp3) is 0.308. The van der Waals surface area contributed by atoms with Gasteiger partial charge in [-0.25, -0.2) is 9.97 Å². The first-order chi connectivity index (χ1) is 9.72. The largest absolute Gasteiger partial charge is 0.367 e. The lowest BCUT2D eigenvalue weighted by molar-refractivity contribution is 0.645. The Labute approximate surface area is 130 Å². The summed E-state index contributed by atoms with van der Waals surface area (Å²) in [4.78, 5) is 26.7. The molecule has 1 fully saturated rings. The molecule has 2 aromatic rings. The second kappa shape index (κ2) is 5.78. The van der Waals surface area contributed by atoms with Gasteiger partial charge < -0.3 is 14.8 Å². The Bertz CT molecular complexity index is 631. The second-order valence-electron chi connectivity index (χ2n) is 4.58. The highest BCUT2D eigenvalue weighted by atomic mass is 127. The summed E-state index contributed by atoms with van der Waals surface area (Å²) in [5.41, 5.74) is 0.990. The topological polar surface area (TPSA) is 65.1 Å². The Morgan fingerprint density at radius 3 is 2.50 bits per heavy atom. The number of piperazine rings is 1. The van der Waals surface area contributed by atoms with Gasteiger partial charge in [-0.2, -0.15) is 0 Å². The maximum atomic E-state index is 11.1. The van der Waals surface area contributed by atoms with Crippen molar-refractivity contribution in [2.75, 3.05) is 36.0 Å². The Kier molecular flexibility index (Phi) is 3.86. The van der Waals surface area contributed by atoms with Gasteiger partial charge in [0.1, 0.15) is 15.8 Å². The van der Waals surface area contributed by atoms with Crippen LogP contribution < -0.4 is 15.4 Å². The van der Waals surface area contributed by atoms with Crippen molar-refractivity contribution < 1.29 is 0 Å². The number of halogens is 1. The van der Waals surface area contributed by atoms with E-state index in [9.17, 15) is 4.79 Å². The highest BCUT2D eigenvalue weighted by Crippen LogP contribution is 2.18. The SMILES string of the molecule is O=c1ccc(N2CCN(c3cc(I)ncn3)CC2)c[nH]1. The zero-order valence-corrected chi connectivity index (χ0v) is 12.9. The van der Waals surface area contributed by atoms with E-state index in [2.05, 4.69) is 47.3 Å². The summed E-state index contributed by atoms with van der Waals surface area (Å²) in [6.45, 7) is 3.64. The first-order valence-corrected chi connectivity index (χ1v) is 7.46. The number of hydrogen-bond donors (Lipinski definition) is 1. The van der Waals surface area contributed by atoms with E-state index >= 15 is 0 Å². The minimum absolute atomic E-state index is 0.0667. The predicted molar refractivity (Wildman–Crippen MR) is 86.2 cm³/mol. The average Bonchev–Trinajstić information content (AvgIpc) is 2.48. The van der Waals surface area contributed by atoms with Crippen LogP contribution in [0.25, 0.3) is 0 Å². The highest BCUT2D eigenvalue weighted by molar-refractivity contribution is 14.1. The van der Waals surface area contributed by atoms with Gasteiger partial charge in [-0.1, -0.05) is 0 Å². The van der Waals surface area contributed by atoms with E-state index in [0.717, 1.165) is 41.4 Å². The third-order valence-electron chi connectivity index (χ3n) is 3.36. The smallest absolute Gasteiger partial charge is 0.248 e. The molecule has 6 nitrogen and oxygen atoms in total. The maximum absolute atomic E-state index is 11.1. The summed E-state index contributed by atoms with van der Waals surface area (Å²) in [6, 6.07) is 5.42. The first kappa shape index (κ1) is 13.3. The summed E-state index contributed by atoms with van der Waals surface area (Å²) in [6.07, 6.45) is 3.37. The molecule has 1 aliphatic rings. The summed E-state index contributed by atoms with van der Waals surface area (Å²) >= 11 is 2.20. The van der Waals surface area contributed by atoms with E-state index in [1.54, 1.807) is 18.6 Å². The molecule has 104 valence electrons. The van der Waals surface area contributed by atoms with E-state index in [1.165, 1.54) is 0 Å². The van der Waals surface area contributed by atoms with Crippen LogP contribution in [-0.4, -0.2) is 41.1 Å². The van der Waals surface area contributed by atoms with Gasteiger partial charge in [-0.15, -0.1) is 0 Å². The molecule has 1 aliphatic heterocycles. The van der Waals surface area contributed by atoms with Gasteiger partial charge in [-0.05, 0) is 28.7 Å². The molecule has 1 saturated heterocycles. The molecule has 0 bridgehead atoms. The fourth-order valence-corrected chi connectivity index (χ4v) is 2.69. The van der Waals surface area contributed by atoms with Crippen LogP contribution in [0, 0.1) is 3.70 Å². The second-order valence-corrected chi connectivity index (χ2v) is 5.69. The Hall–Kier alpha value is -1.64. The van der Waals surface area contributed by atoms with Crippen LogP contribution in [0.4, 0.5) is 11.5 Å². The number of hydrogen-bond acceptors (Lipinski definition) is 5. The van der Waals surface area contributed by atoms with Crippen LogP contribution in [0.2, 0.25) is 0 Å². The van der Waals surface area contributed by atoms with Crippen molar-refractivity contribution in [3.63, 3.8) is 0 Å². The molecule has 0 spiro atoms. The molecule has 0 amide bonds. The number of aromatic amines is 1. The van der Waals surface area contributed by atoms with Gasteiger partial charge in [0.05, 0.1) is 5.69 Å². The molecular weight excluding hydrogens is 369 g/mol. The molecule has 0 aliphatic carbocycles. The van der Waals surface area contributed by atoms with Crippen molar-refractivity contribution in [1.82, 2.24) is 15.0 Å². The molecule has 0 saturated carbocycles. The van der Waals surface area contributed by atoms with Crippen molar-refractivity contribution in [2.45, 2.75) is 0 Å². The maximum Gasteiger partial charge on any atom is 0.248 e. The molecule has 0 aromatic carbocycles. The van der Waals surface area contributed by atoms with E-state index in [0.29, 0.717) is 0 Å². The lowest BCUT2D eigenvalue weighted by atomic mass is 10.2. The zero-order valence-electron chi connectivity index (χ0n) is 10.8. The lowest BCUT2D eigenvalue weighted by Gasteiger charge is -2.36. The monoisotopic (exact) mass is 383 g/mol. The van der Waals surface area contributed by atoms with Crippen molar-refractivity contribution in [1.29, 1.82) is 0 Å². The minimum atomic E-state index is -0.0667. The fourth-order valence-electron chi connectivity index (χ4n) is 2.29. The van der Waals surface area contributed by atoms with Crippen molar-refractivity contribution in [3.8, 4) is 0 Å². The van der Waals surface area contributed by atoms with Crippen molar-refractivity contribution in [3.05, 3.63) is 44.8 Å². The van der Waals surface area contributed by atoms with E-state index in [-0.39, 0.29) is 5.56 Å². The Morgan fingerprint density at radius 1 is 1.10 bits per heavy atom. The van der Waals surface area contributed by atoms with Gasteiger partial charge in [0.15, 0.2) is 0 Å². The van der Waals surface area contributed by atoms with Crippen LogP contribution >= 0.6 is 22.6 Å². The Balaban J connectivity index is 1.67. The minimum Gasteiger partial charge on any atom is -0.367 e. The van der Waals surface area contributed by atoms with Crippen LogP contribution in [-0.2, 0) is 0 Å². The van der Waals surface area contributed by atoms with Crippen LogP contribution in [0.1, 0.15) is 0 Å². The molecular formula is C13H14IN5O. The third-order valence-corrected chi connectivity index (χ3v) is 3.95. The van der Waals surface area contributed by atoms with Crippen molar-refractivity contribution in [2.24, 2.45) is 0 Å². The van der Waals surface area contributed by atoms with Crippen LogP contribution in [0.3, 0.4) is 0 Å². The molecule has 3 rings (SSSR count). The predicted octanol–water partition coefficient (Wildman–Crippen LogP) is 1.10. The number of pyridine rings is 1. The number of rotatable bonds is 2. The quantitative estimate of drug-likeness (QED) is 0.622. The number of H-pyrrole nitrogens is 1. The summed E-state index contributed by atoms with van der Waals surface area (Å²) in [7, 11) is 0. The lowest BCUT2D eigenvalue weighted by Crippen LogP contribution is -2.47. The van der Waals surface area contributed by atoms with Gasteiger partial charge in [0, 0.05) is 44.5 Å². The van der Waals surface area contributed by atoms with Crippen LogP contribution in [0.15, 0.2) is 35.5 Å². The van der Waals surface area contributed by atoms with Gasteiger partial charge in [-0.3, -0.25) is 4.79 Å². The molecule has 0 radical (unpaired) electrons. The molecule has 0 unspecified atom stereocenters. The highest BCUT2D eigenvalue weighted by Gasteiger charge is 2.18. The van der Waals surface area contributed by atoms with E-state index in [4.69, 9.17) is 0 Å². The molecule has 20 heavy (non-hydrogen) atoms. The average molecular weight is 383 g/mol. The molecule has 1 N–H and O–H groups in total. The summed E-state index contributed by atoms with van der Waals surface area (Å²) in [5, 5.41) is 0. The number of nitrogens with zero attached hydrogens (tertiary/aromatic N) is 4. The molecule has 0 atom stereocenters. The normalized spacial score (nSPS) is 15.4. The molecule has 7 heteroatoms. The van der Waals surface area contributed by atoms with Gasteiger partial charge in [0.2, 0.25) is 5.56 Å².